The molecule has 2 aromatic carbocycles. The first-order valence-electron chi connectivity index (χ1n) is 10.9. The first kappa shape index (κ1) is 23.7. The molecule has 0 spiro atoms. The highest BCUT2D eigenvalue weighted by molar-refractivity contribution is 5.65. The van der Waals surface area contributed by atoms with Gasteiger partial charge in [-0.25, -0.2) is 0 Å². The SMILES string of the molecule is CC(O)C1NC=CN1CC#Cc1ccc(-c2ccc(OC3CCOCC3)cc2)cc1.CO. The number of nitrogens with one attached hydrogen (secondary N) is 1. The van der Waals surface area contributed by atoms with Crippen LogP contribution in [0.15, 0.2) is 60.9 Å². The second-order valence-corrected chi connectivity index (χ2v) is 7.67. The number of nitrogens with zero attached hydrogens (tertiary/aromatic N) is 1. The van der Waals surface area contributed by atoms with E-state index in [1.807, 2.05) is 41.6 Å². The van der Waals surface area contributed by atoms with Gasteiger partial charge in [0.25, 0.3) is 0 Å². The normalized spacial score (nSPS) is 18.6. The average Bonchev–Trinajstić information content (AvgIpc) is 3.31. The molecule has 0 aromatic heterocycles. The van der Waals surface area contributed by atoms with Gasteiger partial charge < -0.3 is 29.9 Å². The van der Waals surface area contributed by atoms with Crippen LogP contribution in [0.2, 0.25) is 0 Å². The van der Waals surface area contributed by atoms with E-state index in [2.05, 4.69) is 41.4 Å². The van der Waals surface area contributed by atoms with Crippen LogP contribution in [0.3, 0.4) is 0 Å². The fourth-order valence-electron chi connectivity index (χ4n) is 3.68. The zero-order chi connectivity index (χ0) is 22.8. The van der Waals surface area contributed by atoms with E-state index < -0.39 is 6.10 Å². The standard InChI is InChI=1S/C25H28N2O3.CH4O/c1-19(28)25-26-14-16-27(25)15-2-3-20-4-6-21(7-5-20)22-8-10-23(11-9-22)30-24-12-17-29-18-13-24;1-2/h4-11,14,16,19,24-26,28H,12-13,15,17-18H2,1H3;2H,1H3. The van der Waals surface area contributed by atoms with Gasteiger partial charge in [0.15, 0.2) is 0 Å². The van der Waals surface area contributed by atoms with Crippen molar-refractivity contribution in [1.82, 2.24) is 10.2 Å². The molecule has 2 aromatic rings. The van der Waals surface area contributed by atoms with E-state index in [0.29, 0.717) is 6.54 Å². The maximum atomic E-state index is 9.77. The Hall–Kier alpha value is -2.98. The van der Waals surface area contributed by atoms with Crippen molar-refractivity contribution >= 4 is 0 Å². The van der Waals surface area contributed by atoms with Gasteiger partial charge in [-0.15, -0.1) is 0 Å². The predicted octanol–water partition coefficient (Wildman–Crippen LogP) is 2.95. The first-order chi connectivity index (χ1) is 15.7. The molecule has 2 heterocycles. The molecule has 0 bridgehead atoms. The summed E-state index contributed by atoms with van der Waals surface area (Å²) in [7, 11) is 1.00. The first-order valence-corrected chi connectivity index (χ1v) is 10.9. The van der Waals surface area contributed by atoms with Crippen molar-refractivity contribution in [3.63, 3.8) is 0 Å². The summed E-state index contributed by atoms with van der Waals surface area (Å²) < 4.78 is 11.4. The summed E-state index contributed by atoms with van der Waals surface area (Å²) in [5, 5.41) is 19.9. The monoisotopic (exact) mass is 436 g/mol. The highest BCUT2D eigenvalue weighted by atomic mass is 16.5. The summed E-state index contributed by atoms with van der Waals surface area (Å²) in [6.45, 7) is 3.90. The Kier molecular flexibility index (Phi) is 9.00. The topological polar surface area (TPSA) is 74.2 Å². The highest BCUT2D eigenvalue weighted by Crippen LogP contribution is 2.24. The van der Waals surface area contributed by atoms with Crippen molar-refractivity contribution in [1.29, 1.82) is 0 Å². The third-order valence-corrected chi connectivity index (χ3v) is 5.39. The van der Waals surface area contributed by atoms with Gasteiger partial charge in [-0.3, -0.25) is 0 Å². The van der Waals surface area contributed by atoms with Gasteiger partial charge in [-0.1, -0.05) is 36.1 Å². The van der Waals surface area contributed by atoms with Gasteiger partial charge in [0.2, 0.25) is 0 Å². The molecular weight excluding hydrogens is 404 g/mol. The van der Waals surface area contributed by atoms with Crippen LogP contribution in [-0.4, -0.2) is 60.4 Å². The van der Waals surface area contributed by atoms with Crippen molar-refractivity contribution in [3.05, 3.63) is 66.5 Å². The molecule has 0 saturated carbocycles. The summed E-state index contributed by atoms with van der Waals surface area (Å²) in [5.74, 6) is 7.29. The molecule has 3 N–H and O–H groups in total. The molecule has 6 heteroatoms. The number of rotatable bonds is 5. The van der Waals surface area contributed by atoms with Gasteiger partial charge >= 0.3 is 0 Å². The average molecular weight is 437 g/mol. The van der Waals surface area contributed by atoms with Crippen molar-refractivity contribution in [3.8, 4) is 28.7 Å². The second kappa shape index (κ2) is 12.2. The number of benzene rings is 2. The van der Waals surface area contributed by atoms with Crippen LogP contribution >= 0.6 is 0 Å². The van der Waals surface area contributed by atoms with E-state index in [9.17, 15) is 5.11 Å². The van der Waals surface area contributed by atoms with Crippen LogP contribution in [0.25, 0.3) is 11.1 Å². The molecule has 170 valence electrons. The fourth-order valence-corrected chi connectivity index (χ4v) is 3.68. The molecule has 0 amide bonds. The maximum Gasteiger partial charge on any atom is 0.125 e. The Bertz CT molecular complexity index is 908. The van der Waals surface area contributed by atoms with Crippen LogP contribution in [0.5, 0.6) is 5.75 Å². The highest BCUT2D eigenvalue weighted by Gasteiger charge is 2.22. The van der Waals surface area contributed by atoms with E-state index in [1.54, 1.807) is 6.92 Å². The molecule has 6 nitrogen and oxygen atoms in total. The molecule has 2 unspecified atom stereocenters. The number of aliphatic hydroxyl groups is 2. The van der Waals surface area contributed by atoms with E-state index in [-0.39, 0.29) is 12.3 Å². The minimum absolute atomic E-state index is 0.111. The molecule has 1 fully saturated rings. The third-order valence-electron chi connectivity index (χ3n) is 5.39. The summed E-state index contributed by atoms with van der Waals surface area (Å²) in [5.41, 5.74) is 3.28. The lowest BCUT2D eigenvalue weighted by molar-refractivity contribution is 0.0256. The molecule has 2 aliphatic rings. The van der Waals surface area contributed by atoms with Crippen LogP contribution in [0.4, 0.5) is 0 Å². The molecule has 32 heavy (non-hydrogen) atoms. The number of hydrogen-bond acceptors (Lipinski definition) is 6. The maximum absolute atomic E-state index is 9.77. The van der Waals surface area contributed by atoms with Crippen molar-refractivity contribution in [2.45, 2.75) is 38.1 Å². The van der Waals surface area contributed by atoms with Gasteiger partial charge in [-0.2, -0.15) is 0 Å². The summed E-state index contributed by atoms with van der Waals surface area (Å²) >= 11 is 0. The predicted molar refractivity (Wildman–Crippen MR) is 126 cm³/mol. The molecule has 2 atom stereocenters. The van der Waals surface area contributed by atoms with Gasteiger partial charge in [-0.05, 0) is 42.3 Å². The number of hydrogen-bond donors (Lipinski definition) is 3. The van der Waals surface area contributed by atoms with Gasteiger partial charge in [0, 0.05) is 37.9 Å². The minimum atomic E-state index is -0.463. The largest absolute Gasteiger partial charge is 0.490 e. The van der Waals surface area contributed by atoms with E-state index in [4.69, 9.17) is 14.6 Å². The lowest BCUT2D eigenvalue weighted by atomic mass is 10.0. The van der Waals surface area contributed by atoms with E-state index in [0.717, 1.165) is 55.6 Å². The number of ether oxygens (including phenoxy) is 2. The van der Waals surface area contributed by atoms with Gasteiger partial charge in [0.1, 0.15) is 18.0 Å². The van der Waals surface area contributed by atoms with Crippen LogP contribution in [0, 0.1) is 11.8 Å². The van der Waals surface area contributed by atoms with E-state index in [1.165, 1.54) is 0 Å². The summed E-state index contributed by atoms with van der Waals surface area (Å²) in [6.07, 6.45) is 5.35. The van der Waals surface area contributed by atoms with Crippen LogP contribution in [-0.2, 0) is 4.74 Å². The zero-order valence-electron chi connectivity index (χ0n) is 18.7. The third kappa shape index (κ3) is 6.51. The minimum Gasteiger partial charge on any atom is -0.490 e. The smallest absolute Gasteiger partial charge is 0.125 e. The Balaban J connectivity index is 0.00000141. The molecule has 1 saturated heterocycles. The summed E-state index contributed by atoms with van der Waals surface area (Å²) in [6, 6.07) is 16.5. The fraction of sp³-hybridized carbons (Fsp3) is 0.385. The van der Waals surface area contributed by atoms with Crippen LogP contribution < -0.4 is 10.1 Å². The Morgan fingerprint density at radius 2 is 1.69 bits per heavy atom. The van der Waals surface area contributed by atoms with Crippen molar-refractivity contribution in [2.75, 3.05) is 26.9 Å². The lowest BCUT2D eigenvalue weighted by Gasteiger charge is -2.25. The second-order valence-electron chi connectivity index (χ2n) is 7.67. The van der Waals surface area contributed by atoms with Crippen LogP contribution in [0.1, 0.15) is 25.3 Å². The van der Waals surface area contributed by atoms with Crippen molar-refractivity contribution in [2.24, 2.45) is 0 Å². The molecule has 2 aliphatic heterocycles. The van der Waals surface area contributed by atoms with E-state index >= 15 is 0 Å². The van der Waals surface area contributed by atoms with Crippen molar-refractivity contribution < 1.29 is 19.7 Å². The molecule has 4 rings (SSSR count). The lowest BCUT2D eigenvalue weighted by Crippen LogP contribution is -2.43. The Morgan fingerprint density at radius 3 is 2.31 bits per heavy atom. The Morgan fingerprint density at radius 1 is 1.06 bits per heavy atom. The number of aliphatic hydroxyl groups excluding tert-OH is 2. The quantitative estimate of drug-likeness (QED) is 0.626. The Labute approximate surface area is 190 Å². The molecule has 0 radical (unpaired) electrons. The molecular formula is C26H32N2O4. The summed E-state index contributed by atoms with van der Waals surface area (Å²) in [4.78, 5) is 2.00. The zero-order valence-corrected chi connectivity index (χ0v) is 18.7. The van der Waals surface area contributed by atoms with Gasteiger partial charge in [0.05, 0.1) is 25.9 Å². The molecule has 0 aliphatic carbocycles.